The van der Waals surface area contributed by atoms with Crippen LogP contribution in [0.4, 0.5) is 0 Å². The lowest BCUT2D eigenvalue weighted by Crippen LogP contribution is -2.22. The van der Waals surface area contributed by atoms with E-state index in [0.717, 1.165) is 6.42 Å². The van der Waals surface area contributed by atoms with Crippen molar-refractivity contribution in [3.05, 3.63) is 70.8 Å². The summed E-state index contributed by atoms with van der Waals surface area (Å²) in [6, 6.07) is 14.6. The van der Waals surface area contributed by atoms with Crippen molar-refractivity contribution in [1.29, 1.82) is 0 Å². The smallest absolute Gasteiger partial charge is 0.243 e. The van der Waals surface area contributed by atoms with E-state index in [1.165, 1.54) is 29.5 Å². The van der Waals surface area contributed by atoms with Crippen LogP contribution < -0.4 is 10.5 Å². The molecule has 1 N–H and O–H groups in total. The molecule has 0 aromatic heterocycles. The predicted octanol–water partition coefficient (Wildman–Crippen LogP) is 2.60. The first-order valence-corrected chi connectivity index (χ1v) is 9.00. The largest absolute Gasteiger partial charge is 0.545 e. The van der Waals surface area contributed by atoms with Crippen LogP contribution in [0.3, 0.4) is 0 Å². The SMILES string of the molecule is CC(C)(C)c1ccc([C@H]2C[C@H]2C(=O)NN=Cc2ccc(C(=O)[O-])cc2)cc1. The van der Waals surface area contributed by atoms with Crippen LogP contribution in [0.25, 0.3) is 0 Å². The average Bonchev–Trinajstić information content (AvgIpc) is 3.42. The standard InChI is InChI=1S/C22H24N2O3/c1-22(2,3)17-10-8-15(9-11-17)18-12-19(18)20(25)24-23-13-14-4-6-16(7-5-14)21(26)27/h4-11,13,18-19H,12H2,1-3H3,(H,24,25)(H,26,27)/p-1/t18-,19-/m1/s1. The monoisotopic (exact) mass is 363 g/mol. The maximum Gasteiger partial charge on any atom is 0.243 e. The van der Waals surface area contributed by atoms with Gasteiger partial charge in [-0.25, -0.2) is 5.43 Å². The Morgan fingerprint density at radius 1 is 1.07 bits per heavy atom. The minimum absolute atomic E-state index is 0.0527. The van der Waals surface area contributed by atoms with E-state index in [-0.39, 0.29) is 28.7 Å². The van der Waals surface area contributed by atoms with Crippen LogP contribution in [0.2, 0.25) is 0 Å². The number of benzene rings is 2. The first-order valence-electron chi connectivity index (χ1n) is 9.00. The molecule has 1 fully saturated rings. The molecule has 0 heterocycles. The van der Waals surface area contributed by atoms with Gasteiger partial charge in [0.1, 0.15) is 0 Å². The van der Waals surface area contributed by atoms with E-state index >= 15 is 0 Å². The average molecular weight is 363 g/mol. The zero-order chi connectivity index (χ0) is 19.6. The molecule has 0 spiro atoms. The molecule has 0 saturated heterocycles. The van der Waals surface area contributed by atoms with Crippen LogP contribution in [-0.2, 0) is 10.2 Å². The third kappa shape index (κ3) is 4.61. The lowest BCUT2D eigenvalue weighted by Gasteiger charge is -2.19. The Bertz CT molecular complexity index is 862. The van der Waals surface area contributed by atoms with Crippen molar-refractivity contribution in [2.75, 3.05) is 0 Å². The van der Waals surface area contributed by atoms with Gasteiger partial charge in [0.25, 0.3) is 0 Å². The normalized spacial score (nSPS) is 19.1. The summed E-state index contributed by atoms with van der Waals surface area (Å²) in [5.74, 6) is -1.12. The van der Waals surface area contributed by atoms with E-state index in [1.54, 1.807) is 12.1 Å². The van der Waals surface area contributed by atoms with Crippen molar-refractivity contribution >= 4 is 18.1 Å². The Morgan fingerprint density at radius 2 is 1.70 bits per heavy atom. The molecule has 2 aromatic carbocycles. The van der Waals surface area contributed by atoms with Gasteiger partial charge in [-0.1, -0.05) is 69.3 Å². The molecule has 0 bridgehead atoms. The van der Waals surface area contributed by atoms with Gasteiger partial charge in [0.15, 0.2) is 0 Å². The number of carboxylic acid groups (broad SMARTS) is 1. The minimum atomic E-state index is -1.22. The summed E-state index contributed by atoms with van der Waals surface area (Å²) in [7, 11) is 0. The number of nitrogens with one attached hydrogen (secondary N) is 1. The number of aromatic carboxylic acids is 1. The molecule has 1 amide bonds. The summed E-state index contributed by atoms with van der Waals surface area (Å²) in [6.45, 7) is 6.54. The third-order valence-corrected chi connectivity index (χ3v) is 4.87. The van der Waals surface area contributed by atoms with Crippen LogP contribution >= 0.6 is 0 Å². The van der Waals surface area contributed by atoms with Crippen molar-refractivity contribution in [2.24, 2.45) is 11.0 Å². The van der Waals surface area contributed by atoms with E-state index in [4.69, 9.17) is 0 Å². The van der Waals surface area contributed by atoms with Gasteiger partial charge in [0.05, 0.1) is 12.2 Å². The molecule has 2 aromatic rings. The third-order valence-electron chi connectivity index (χ3n) is 4.87. The van der Waals surface area contributed by atoms with Gasteiger partial charge in [-0.2, -0.15) is 5.10 Å². The maximum absolute atomic E-state index is 12.2. The summed E-state index contributed by atoms with van der Waals surface area (Å²) in [5, 5.41) is 14.7. The Hall–Kier alpha value is -2.95. The Labute approximate surface area is 159 Å². The second kappa shape index (κ2) is 7.35. The molecule has 3 rings (SSSR count). The molecule has 5 heteroatoms. The molecule has 140 valence electrons. The van der Waals surface area contributed by atoms with Crippen molar-refractivity contribution in [1.82, 2.24) is 5.43 Å². The number of hydrogen-bond donors (Lipinski definition) is 1. The molecule has 0 radical (unpaired) electrons. The van der Waals surface area contributed by atoms with Gasteiger partial charge >= 0.3 is 0 Å². The van der Waals surface area contributed by atoms with E-state index in [1.807, 2.05) is 0 Å². The molecule has 1 aliphatic rings. The molecular formula is C22H23N2O3-. The van der Waals surface area contributed by atoms with Crippen LogP contribution in [0, 0.1) is 5.92 Å². The molecule has 1 saturated carbocycles. The minimum Gasteiger partial charge on any atom is -0.545 e. The highest BCUT2D eigenvalue weighted by molar-refractivity contribution is 5.88. The van der Waals surface area contributed by atoms with Crippen LogP contribution in [-0.4, -0.2) is 18.1 Å². The molecule has 2 atom stereocenters. The van der Waals surface area contributed by atoms with Gasteiger partial charge in [0, 0.05) is 5.92 Å². The quantitative estimate of drug-likeness (QED) is 0.655. The Morgan fingerprint density at radius 3 is 2.26 bits per heavy atom. The fourth-order valence-corrected chi connectivity index (χ4v) is 3.04. The summed E-state index contributed by atoms with van der Waals surface area (Å²) >= 11 is 0. The number of hydrogen-bond acceptors (Lipinski definition) is 4. The summed E-state index contributed by atoms with van der Waals surface area (Å²) in [6.07, 6.45) is 2.32. The van der Waals surface area contributed by atoms with E-state index < -0.39 is 5.97 Å². The number of carbonyl (C=O) groups excluding carboxylic acids is 2. The highest BCUT2D eigenvalue weighted by Gasteiger charge is 2.43. The van der Waals surface area contributed by atoms with Gasteiger partial charge < -0.3 is 9.90 Å². The second-order valence-corrected chi connectivity index (χ2v) is 7.96. The zero-order valence-electron chi connectivity index (χ0n) is 15.7. The van der Waals surface area contributed by atoms with Crippen molar-refractivity contribution in [3.8, 4) is 0 Å². The number of rotatable bonds is 5. The van der Waals surface area contributed by atoms with Crippen LogP contribution in [0.1, 0.15) is 60.2 Å². The van der Waals surface area contributed by atoms with Crippen molar-refractivity contribution < 1.29 is 14.7 Å². The second-order valence-electron chi connectivity index (χ2n) is 7.96. The van der Waals surface area contributed by atoms with E-state index in [0.29, 0.717) is 5.56 Å². The zero-order valence-corrected chi connectivity index (χ0v) is 15.7. The van der Waals surface area contributed by atoms with Crippen molar-refractivity contribution in [3.63, 3.8) is 0 Å². The van der Waals surface area contributed by atoms with Crippen molar-refractivity contribution in [2.45, 2.75) is 38.5 Å². The molecule has 0 aliphatic heterocycles. The van der Waals surface area contributed by atoms with Crippen LogP contribution in [0.5, 0.6) is 0 Å². The highest BCUT2D eigenvalue weighted by atomic mass is 16.4. The Kier molecular flexibility index (Phi) is 5.13. The fourth-order valence-electron chi connectivity index (χ4n) is 3.04. The molecule has 5 nitrogen and oxygen atoms in total. The topological polar surface area (TPSA) is 81.6 Å². The fraction of sp³-hybridized carbons (Fsp3) is 0.318. The predicted molar refractivity (Wildman–Crippen MR) is 102 cm³/mol. The number of nitrogens with zero attached hydrogens (tertiary/aromatic N) is 1. The molecular weight excluding hydrogens is 340 g/mol. The lowest BCUT2D eigenvalue weighted by molar-refractivity contribution is -0.255. The number of carbonyl (C=O) groups is 2. The Balaban J connectivity index is 1.53. The highest BCUT2D eigenvalue weighted by Crippen LogP contribution is 2.47. The van der Waals surface area contributed by atoms with Gasteiger partial charge in [-0.15, -0.1) is 0 Å². The van der Waals surface area contributed by atoms with Crippen LogP contribution in [0.15, 0.2) is 53.6 Å². The van der Waals surface area contributed by atoms with E-state index in [9.17, 15) is 14.7 Å². The summed E-state index contributed by atoms with van der Waals surface area (Å²) < 4.78 is 0. The first-order chi connectivity index (χ1) is 12.8. The maximum atomic E-state index is 12.2. The summed E-state index contributed by atoms with van der Waals surface area (Å²) in [5.41, 5.74) is 5.96. The number of amides is 1. The van der Waals surface area contributed by atoms with E-state index in [2.05, 4.69) is 55.6 Å². The first kappa shape index (κ1) is 18.8. The number of hydrazone groups is 1. The van der Waals surface area contributed by atoms with Gasteiger partial charge in [-0.3, -0.25) is 4.79 Å². The molecule has 1 aliphatic carbocycles. The lowest BCUT2D eigenvalue weighted by atomic mass is 9.86. The van der Waals surface area contributed by atoms with Gasteiger partial charge in [-0.05, 0) is 40.0 Å². The molecule has 27 heavy (non-hydrogen) atoms. The number of carboxylic acids is 1. The molecule has 0 unspecified atom stereocenters. The van der Waals surface area contributed by atoms with Gasteiger partial charge in [0.2, 0.25) is 5.91 Å². The summed E-state index contributed by atoms with van der Waals surface area (Å²) in [4.78, 5) is 22.9.